The number of carbonyl (C=O) groups excluding carboxylic acids is 1. The fourth-order valence-electron chi connectivity index (χ4n) is 1.06. The molecule has 0 radical (unpaired) electrons. The van der Waals surface area contributed by atoms with Crippen molar-refractivity contribution in [3.63, 3.8) is 0 Å². The van der Waals surface area contributed by atoms with E-state index in [1.54, 1.807) is 30.0 Å². The highest BCUT2D eigenvalue weighted by Crippen LogP contribution is 2.26. The van der Waals surface area contributed by atoms with E-state index in [9.17, 15) is 4.79 Å². The Bertz CT molecular complexity index is 415. The first kappa shape index (κ1) is 14.7. The molecule has 94 valence electrons. The first-order chi connectivity index (χ1) is 7.78. The minimum absolute atomic E-state index is 0.0610. The van der Waals surface area contributed by atoms with E-state index in [2.05, 4.69) is 26.1 Å². The predicted molar refractivity (Wildman–Crippen MR) is 77.3 cm³/mol. The van der Waals surface area contributed by atoms with Crippen LogP contribution in [-0.4, -0.2) is 16.4 Å². The maximum Gasteiger partial charge on any atom is 0.234 e. The van der Waals surface area contributed by atoms with E-state index in [0.29, 0.717) is 21.5 Å². The lowest BCUT2D eigenvalue weighted by Crippen LogP contribution is -2.19. The van der Waals surface area contributed by atoms with Gasteiger partial charge >= 0.3 is 0 Å². The van der Waals surface area contributed by atoms with Gasteiger partial charge in [-0.1, -0.05) is 44.0 Å². The Hall–Kier alpha value is -0.380. The lowest BCUT2D eigenvalue weighted by Gasteiger charge is -2.17. The van der Waals surface area contributed by atoms with Crippen LogP contribution in [0.3, 0.4) is 0 Å². The summed E-state index contributed by atoms with van der Waals surface area (Å²) in [5.41, 5.74) is 0.593. The SMILES string of the molecule is CC(C)(C)SCC(=O)Nc1ccc(Cl)cc1Cl. The fraction of sp³-hybridized carbons (Fsp3) is 0.417. The first-order valence-corrected chi connectivity index (χ1v) is 6.91. The van der Waals surface area contributed by atoms with Gasteiger partial charge in [0.1, 0.15) is 0 Å². The second kappa shape index (κ2) is 5.98. The topological polar surface area (TPSA) is 29.1 Å². The van der Waals surface area contributed by atoms with E-state index in [1.807, 2.05) is 0 Å². The number of amides is 1. The standard InChI is InChI=1S/C12H15Cl2NOS/c1-12(2,3)17-7-11(16)15-10-5-4-8(13)6-9(10)14/h4-6H,7H2,1-3H3,(H,15,16). The summed E-state index contributed by atoms with van der Waals surface area (Å²) < 4.78 is 0.0706. The van der Waals surface area contributed by atoms with Crippen molar-refractivity contribution >= 4 is 46.6 Å². The van der Waals surface area contributed by atoms with Gasteiger partial charge in [-0.3, -0.25) is 4.79 Å². The van der Waals surface area contributed by atoms with Crippen molar-refractivity contribution < 1.29 is 4.79 Å². The highest BCUT2D eigenvalue weighted by Gasteiger charge is 2.14. The van der Waals surface area contributed by atoms with Crippen LogP contribution in [0.1, 0.15) is 20.8 Å². The number of thioether (sulfide) groups is 1. The molecule has 0 saturated carbocycles. The van der Waals surface area contributed by atoms with Crippen LogP contribution in [0.4, 0.5) is 5.69 Å². The number of nitrogens with one attached hydrogen (secondary N) is 1. The molecule has 0 saturated heterocycles. The third kappa shape index (κ3) is 5.66. The van der Waals surface area contributed by atoms with Crippen molar-refractivity contribution in [1.29, 1.82) is 0 Å². The zero-order valence-electron chi connectivity index (χ0n) is 10.0. The lowest BCUT2D eigenvalue weighted by atomic mass is 10.3. The van der Waals surface area contributed by atoms with Gasteiger partial charge in [0.15, 0.2) is 0 Å². The van der Waals surface area contributed by atoms with Crippen LogP contribution in [-0.2, 0) is 4.79 Å². The molecule has 1 rings (SSSR count). The number of benzene rings is 1. The van der Waals surface area contributed by atoms with Crippen LogP contribution in [0.2, 0.25) is 10.0 Å². The van der Waals surface area contributed by atoms with E-state index in [0.717, 1.165) is 0 Å². The van der Waals surface area contributed by atoms with E-state index < -0.39 is 0 Å². The summed E-state index contributed by atoms with van der Waals surface area (Å²) in [4.78, 5) is 11.7. The summed E-state index contributed by atoms with van der Waals surface area (Å²) in [6, 6.07) is 5.00. The molecule has 1 N–H and O–H groups in total. The van der Waals surface area contributed by atoms with Crippen molar-refractivity contribution in [2.75, 3.05) is 11.1 Å². The van der Waals surface area contributed by atoms with E-state index in [4.69, 9.17) is 23.2 Å². The lowest BCUT2D eigenvalue weighted by molar-refractivity contribution is -0.113. The number of carbonyl (C=O) groups is 1. The Morgan fingerprint density at radius 2 is 2.00 bits per heavy atom. The van der Waals surface area contributed by atoms with Gasteiger partial charge in [0, 0.05) is 9.77 Å². The zero-order valence-corrected chi connectivity index (χ0v) is 12.3. The van der Waals surface area contributed by atoms with Crippen molar-refractivity contribution in [3.8, 4) is 0 Å². The van der Waals surface area contributed by atoms with Crippen LogP contribution in [0.25, 0.3) is 0 Å². The van der Waals surface area contributed by atoms with Gasteiger partial charge in [0.2, 0.25) is 5.91 Å². The number of halogens is 2. The van der Waals surface area contributed by atoms with Crippen LogP contribution in [0, 0.1) is 0 Å². The quantitative estimate of drug-likeness (QED) is 0.891. The minimum atomic E-state index is -0.0610. The molecule has 0 aliphatic rings. The van der Waals surface area contributed by atoms with Crippen molar-refractivity contribution in [3.05, 3.63) is 28.2 Å². The molecule has 0 fully saturated rings. The molecule has 0 unspecified atom stereocenters. The van der Waals surface area contributed by atoms with E-state index >= 15 is 0 Å². The molecule has 0 aromatic heterocycles. The Kier molecular flexibility index (Phi) is 5.17. The Morgan fingerprint density at radius 1 is 1.35 bits per heavy atom. The first-order valence-electron chi connectivity index (χ1n) is 5.17. The van der Waals surface area contributed by atoms with Gasteiger partial charge in [0.25, 0.3) is 0 Å². The fourth-order valence-corrected chi connectivity index (χ4v) is 2.15. The monoisotopic (exact) mass is 291 g/mol. The third-order valence-corrected chi connectivity index (χ3v) is 3.66. The average Bonchev–Trinajstić information content (AvgIpc) is 2.18. The molecule has 0 aliphatic carbocycles. The number of rotatable bonds is 3. The Labute approximate surface area is 116 Å². The number of hydrogen-bond donors (Lipinski definition) is 1. The van der Waals surface area contributed by atoms with Crippen molar-refractivity contribution in [1.82, 2.24) is 0 Å². The maximum absolute atomic E-state index is 11.7. The van der Waals surface area contributed by atoms with E-state index in [1.165, 1.54) is 0 Å². The largest absolute Gasteiger partial charge is 0.324 e. The molecular formula is C12H15Cl2NOS. The summed E-state index contributed by atoms with van der Waals surface area (Å²) in [6.45, 7) is 6.21. The molecule has 2 nitrogen and oxygen atoms in total. The van der Waals surface area contributed by atoms with Gasteiger partial charge in [-0.05, 0) is 18.2 Å². The summed E-state index contributed by atoms with van der Waals surface area (Å²) in [5, 5.41) is 3.76. The van der Waals surface area contributed by atoms with Crippen LogP contribution < -0.4 is 5.32 Å². The van der Waals surface area contributed by atoms with Gasteiger partial charge in [-0.15, -0.1) is 11.8 Å². The molecular weight excluding hydrogens is 277 g/mol. The molecule has 0 aliphatic heterocycles. The summed E-state index contributed by atoms with van der Waals surface area (Å²) in [6.07, 6.45) is 0. The smallest absolute Gasteiger partial charge is 0.234 e. The molecule has 1 amide bonds. The van der Waals surface area contributed by atoms with Crippen LogP contribution in [0.5, 0.6) is 0 Å². The minimum Gasteiger partial charge on any atom is -0.324 e. The number of hydrogen-bond acceptors (Lipinski definition) is 2. The highest BCUT2D eigenvalue weighted by atomic mass is 35.5. The number of anilines is 1. The van der Waals surface area contributed by atoms with Crippen LogP contribution >= 0.6 is 35.0 Å². The van der Waals surface area contributed by atoms with Gasteiger partial charge in [-0.25, -0.2) is 0 Å². The van der Waals surface area contributed by atoms with Crippen LogP contribution in [0.15, 0.2) is 18.2 Å². The molecule has 1 aromatic rings. The van der Waals surface area contributed by atoms with Gasteiger partial charge in [-0.2, -0.15) is 0 Å². The highest BCUT2D eigenvalue weighted by molar-refractivity contribution is 8.01. The Morgan fingerprint density at radius 3 is 2.53 bits per heavy atom. The molecule has 17 heavy (non-hydrogen) atoms. The summed E-state index contributed by atoms with van der Waals surface area (Å²) in [5.74, 6) is 0.344. The third-order valence-electron chi connectivity index (χ3n) is 1.84. The maximum atomic E-state index is 11.7. The predicted octanol–water partition coefficient (Wildman–Crippen LogP) is 4.46. The Balaban J connectivity index is 2.57. The molecule has 0 heterocycles. The molecule has 5 heteroatoms. The van der Waals surface area contributed by atoms with Crippen molar-refractivity contribution in [2.45, 2.75) is 25.5 Å². The second-order valence-electron chi connectivity index (χ2n) is 4.57. The average molecular weight is 292 g/mol. The summed E-state index contributed by atoms with van der Waals surface area (Å²) in [7, 11) is 0. The second-order valence-corrected chi connectivity index (χ2v) is 7.22. The zero-order chi connectivity index (χ0) is 13.1. The normalized spacial score (nSPS) is 11.4. The van der Waals surface area contributed by atoms with Gasteiger partial charge in [0.05, 0.1) is 16.5 Å². The summed E-state index contributed by atoms with van der Waals surface area (Å²) >= 11 is 13.3. The van der Waals surface area contributed by atoms with Crippen molar-refractivity contribution in [2.24, 2.45) is 0 Å². The molecule has 1 aromatic carbocycles. The molecule has 0 spiro atoms. The van der Waals surface area contributed by atoms with E-state index in [-0.39, 0.29) is 10.7 Å². The molecule has 0 atom stereocenters. The van der Waals surface area contributed by atoms with Gasteiger partial charge < -0.3 is 5.32 Å². The molecule has 0 bridgehead atoms.